The molecule has 0 aliphatic carbocycles. The molecule has 2 aromatic rings. The Morgan fingerprint density at radius 2 is 1.88 bits per heavy atom. The van der Waals surface area contributed by atoms with Gasteiger partial charge in [0.2, 0.25) is 0 Å². The number of aliphatic carboxylic acids is 1. The number of rotatable bonds is 6. The van der Waals surface area contributed by atoms with Gasteiger partial charge in [-0.1, -0.05) is 36.4 Å². The van der Waals surface area contributed by atoms with Crippen LogP contribution in [0.25, 0.3) is 0 Å². The van der Waals surface area contributed by atoms with Crippen LogP contribution in [0, 0.1) is 0 Å². The van der Waals surface area contributed by atoms with Crippen molar-refractivity contribution in [1.29, 1.82) is 0 Å². The second-order valence-corrected chi connectivity index (χ2v) is 5.81. The van der Waals surface area contributed by atoms with E-state index in [2.05, 4.69) is 16.7 Å². The number of carbonyl (C=O) groups is 2. The van der Waals surface area contributed by atoms with Gasteiger partial charge in [0.1, 0.15) is 12.6 Å². The number of ether oxygens (including phenoxy) is 1. The van der Waals surface area contributed by atoms with E-state index in [0.29, 0.717) is 24.4 Å². The van der Waals surface area contributed by atoms with Gasteiger partial charge < -0.3 is 20.5 Å². The van der Waals surface area contributed by atoms with Crippen molar-refractivity contribution in [2.75, 3.05) is 25.0 Å². The average Bonchev–Trinajstić information content (AvgIpc) is 2.64. The van der Waals surface area contributed by atoms with Crippen molar-refractivity contribution in [1.82, 2.24) is 5.32 Å². The number of fused-ring (bicyclic) bond motifs is 1. The van der Waals surface area contributed by atoms with Crippen LogP contribution in [-0.2, 0) is 16.0 Å². The summed E-state index contributed by atoms with van der Waals surface area (Å²) in [6.45, 7) is 0.751. The van der Waals surface area contributed by atoms with E-state index in [1.807, 2.05) is 18.2 Å². The van der Waals surface area contributed by atoms with Crippen LogP contribution >= 0.6 is 0 Å². The van der Waals surface area contributed by atoms with Crippen LogP contribution < -0.4 is 10.6 Å². The zero-order valence-corrected chi connectivity index (χ0v) is 13.7. The number of carboxylic acid groups (broad SMARTS) is 1. The summed E-state index contributed by atoms with van der Waals surface area (Å²) in [6, 6.07) is 14.9. The Balaban J connectivity index is 1.67. The fourth-order valence-corrected chi connectivity index (χ4v) is 2.93. The quantitative estimate of drug-likeness (QED) is 0.750. The maximum Gasteiger partial charge on any atom is 0.322 e. The maximum atomic E-state index is 12.5. The fraction of sp³-hybridized carbons (Fsp3) is 0.263. The Bertz CT molecular complexity index is 776. The van der Waals surface area contributed by atoms with E-state index in [0.717, 1.165) is 12.0 Å². The van der Waals surface area contributed by atoms with Gasteiger partial charge in [-0.25, -0.2) is 0 Å². The van der Waals surface area contributed by atoms with Crippen molar-refractivity contribution in [2.45, 2.75) is 12.5 Å². The van der Waals surface area contributed by atoms with Crippen LogP contribution in [-0.4, -0.2) is 36.7 Å². The highest BCUT2D eigenvalue weighted by molar-refractivity contribution is 6.00. The van der Waals surface area contributed by atoms with Crippen molar-refractivity contribution in [2.24, 2.45) is 0 Å². The molecule has 0 radical (unpaired) electrons. The van der Waals surface area contributed by atoms with Gasteiger partial charge in [0.25, 0.3) is 5.91 Å². The highest BCUT2D eigenvalue weighted by atomic mass is 16.5. The topological polar surface area (TPSA) is 87.7 Å². The highest BCUT2D eigenvalue weighted by Crippen LogP contribution is 2.26. The van der Waals surface area contributed by atoms with E-state index >= 15 is 0 Å². The van der Waals surface area contributed by atoms with E-state index in [1.165, 1.54) is 5.56 Å². The smallest absolute Gasteiger partial charge is 0.322 e. The molecule has 0 spiro atoms. The molecule has 25 heavy (non-hydrogen) atoms. The normalized spacial score (nSPS) is 15.9. The molecule has 0 bridgehead atoms. The first kappa shape index (κ1) is 17.0. The Morgan fingerprint density at radius 3 is 2.72 bits per heavy atom. The third-order valence-electron chi connectivity index (χ3n) is 4.14. The van der Waals surface area contributed by atoms with Crippen LogP contribution in [0.4, 0.5) is 5.69 Å². The Morgan fingerprint density at radius 1 is 1.12 bits per heavy atom. The van der Waals surface area contributed by atoms with Crippen LogP contribution in [0.2, 0.25) is 0 Å². The lowest BCUT2D eigenvalue weighted by atomic mass is 9.97. The van der Waals surface area contributed by atoms with E-state index < -0.39 is 5.97 Å². The molecule has 1 heterocycles. The number of carboxylic acids is 1. The number of hydrogen-bond acceptors (Lipinski definition) is 4. The van der Waals surface area contributed by atoms with Crippen molar-refractivity contribution in [3.05, 3.63) is 65.2 Å². The van der Waals surface area contributed by atoms with E-state index in [9.17, 15) is 9.59 Å². The number of hydrogen-bond donors (Lipinski definition) is 3. The molecule has 3 N–H and O–H groups in total. The molecule has 0 fully saturated rings. The fourth-order valence-electron chi connectivity index (χ4n) is 2.93. The summed E-state index contributed by atoms with van der Waals surface area (Å²) < 4.78 is 5.79. The van der Waals surface area contributed by atoms with E-state index in [-0.39, 0.29) is 18.6 Å². The molecule has 1 amide bonds. The molecule has 1 aliphatic heterocycles. The second-order valence-electron chi connectivity index (χ2n) is 5.81. The SMILES string of the molecule is O=C(O)CNc1ccccc1C(=O)NCC1OCCc2ccccc21. The molecule has 0 saturated heterocycles. The van der Waals surface area contributed by atoms with Gasteiger partial charge in [-0.3, -0.25) is 9.59 Å². The third-order valence-corrected chi connectivity index (χ3v) is 4.14. The van der Waals surface area contributed by atoms with Gasteiger partial charge in [0.05, 0.1) is 12.2 Å². The van der Waals surface area contributed by atoms with Gasteiger partial charge in [-0.2, -0.15) is 0 Å². The predicted octanol–water partition coefficient (Wildman–Crippen LogP) is 2.23. The minimum atomic E-state index is -0.984. The minimum absolute atomic E-state index is 0.173. The van der Waals surface area contributed by atoms with Crippen molar-refractivity contribution >= 4 is 17.6 Å². The molecule has 6 heteroatoms. The first-order valence-electron chi connectivity index (χ1n) is 8.17. The lowest BCUT2D eigenvalue weighted by Gasteiger charge is -2.26. The summed E-state index contributed by atoms with van der Waals surface area (Å²) in [5.74, 6) is -1.25. The van der Waals surface area contributed by atoms with Gasteiger partial charge >= 0.3 is 5.97 Å². The molecule has 1 unspecified atom stereocenters. The number of carbonyl (C=O) groups excluding carboxylic acids is 1. The predicted molar refractivity (Wildman–Crippen MR) is 93.7 cm³/mol. The summed E-state index contributed by atoms with van der Waals surface area (Å²) in [5, 5.41) is 14.4. The van der Waals surface area contributed by atoms with Gasteiger partial charge in [-0.05, 0) is 29.7 Å². The molecular formula is C19H20N2O4. The zero-order valence-electron chi connectivity index (χ0n) is 13.7. The Hall–Kier alpha value is -2.86. The Labute approximate surface area is 145 Å². The number of amides is 1. The summed E-state index contributed by atoms with van der Waals surface area (Å²) in [7, 11) is 0. The minimum Gasteiger partial charge on any atom is -0.480 e. The standard InChI is InChI=1S/C19H20N2O4/c22-18(23)12-20-16-8-4-3-7-15(16)19(24)21-11-17-14-6-2-1-5-13(14)9-10-25-17/h1-8,17,20H,9-12H2,(H,21,24)(H,22,23). The van der Waals surface area contributed by atoms with Crippen LogP contribution in [0.5, 0.6) is 0 Å². The monoisotopic (exact) mass is 340 g/mol. The Kier molecular flexibility index (Phi) is 5.30. The van der Waals surface area contributed by atoms with E-state index in [4.69, 9.17) is 9.84 Å². The first-order valence-corrected chi connectivity index (χ1v) is 8.17. The van der Waals surface area contributed by atoms with Crippen molar-refractivity contribution < 1.29 is 19.4 Å². The number of nitrogens with one attached hydrogen (secondary N) is 2. The largest absolute Gasteiger partial charge is 0.480 e. The summed E-state index contributed by atoms with van der Waals surface area (Å²) in [5.41, 5.74) is 3.25. The average molecular weight is 340 g/mol. The highest BCUT2D eigenvalue weighted by Gasteiger charge is 2.21. The molecule has 0 aromatic heterocycles. The van der Waals surface area contributed by atoms with Crippen LogP contribution in [0.15, 0.2) is 48.5 Å². The van der Waals surface area contributed by atoms with Crippen molar-refractivity contribution in [3.8, 4) is 0 Å². The first-order chi connectivity index (χ1) is 12.1. The molecule has 6 nitrogen and oxygen atoms in total. The second kappa shape index (κ2) is 7.81. The molecule has 1 atom stereocenters. The zero-order chi connectivity index (χ0) is 17.6. The van der Waals surface area contributed by atoms with Crippen LogP contribution in [0.3, 0.4) is 0 Å². The maximum absolute atomic E-state index is 12.5. The molecular weight excluding hydrogens is 320 g/mol. The molecule has 1 aliphatic rings. The van der Waals surface area contributed by atoms with Gasteiger partial charge in [0, 0.05) is 12.2 Å². The number of anilines is 1. The van der Waals surface area contributed by atoms with E-state index in [1.54, 1.807) is 24.3 Å². The van der Waals surface area contributed by atoms with Gasteiger partial charge in [-0.15, -0.1) is 0 Å². The number of benzene rings is 2. The lowest BCUT2D eigenvalue weighted by Crippen LogP contribution is -2.32. The number of para-hydroxylation sites is 1. The van der Waals surface area contributed by atoms with Crippen LogP contribution in [0.1, 0.15) is 27.6 Å². The molecule has 3 rings (SSSR count). The molecule has 0 saturated carbocycles. The molecule has 130 valence electrons. The summed E-state index contributed by atoms with van der Waals surface area (Å²) >= 11 is 0. The third kappa shape index (κ3) is 4.16. The molecule has 2 aromatic carbocycles. The lowest BCUT2D eigenvalue weighted by molar-refractivity contribution is -0.134. The van der Waals surface area contributed by atoms with Crippen molar-refractivity contribution in [3.63, 3.8) is 0 Å². The summed E-state index contributed by atoms with van der Waals surface area (Å²) in [6.07, 6.45) is 0.704. The van der Waals surface area contributed by atoms with Gasteiger partial charge in [0.15, 0.2) is 0 Å². The summed E-state index contributed by atoms with van der Waals surface area (Å²) in [4.78, 5) is 23.2.